The number of nitro groups is 1. The highest BCUT2D eigenvalue weighted by atomic mass is 16.6. The molecule has 0 aliphatic carbocycles. The number of nitrogens with zero attached hydrogens (tertiary/aromatic N) is 3. The van der Waals surface area contributed by atoms with Gasteiger partial charge in [-0.2, -0.15) is 5.26 Å². The van der Waals surface area contributed by atoms with Crippen molar-refractivity contribution in [3.05, 3.63) is 33.9 Å². The Morgan fingerprint density at radius 2 is 2.25 bits per heavy atom. The Labute approximate surface area is 118 Å². The maximum absolute atomic E-state index is 11.0. The zero-order chi connectivity index (χ0) is 15.1. The molecule has 1 rings (SSSR count). The van der Waals surface area contributed by atoms with Gasteiger partial charge in [0, 0.05) is 31.6 Å². The summed E-state index contributed by atoms with van der Waals surface area (Å²) >= 11 is 0. The number of nitro benzene ring substituents is 1. The summed E-state index contributed by atoms with van der Waals surface area (Å²) in [7, 11) is 0. The number of anilines is 1. The Kier molecular flexibility index (Phi) is 5.90. The number of nitrogens with two attached hydrogens (primary N) is 1. The molecule has 0 aromatic heterocycles. The van der Waals surface area contributed by atoms with Crippen molar-refractivity contribution in [2.75, 3.05) is 12.0 Å². The monoisotopic (exact) mass is 277 g/mol. The zero-order valence-corrected chi connectivity index (χ0v) is 11.7. The Morgan fingerprint density at radius 3 is 2.75 bits per heavy atom. The van der Waals surface area contributed by atoms with Crippen LogP contribution < -0.4 is 11.3 Å². The fourth-order valence-electron chi connectivity index (χ4n) is 1.90. The zero-order valence-electron chi connectivity index (χ0n) is 11.7. The van der Waals surface area contributed by atoms with Gasteiger partial charge < -0.3 is 5.43 Å². The molecule has 108 valence electrons. The quantitative estimate of drug-likeness (QED) is 0.448. The van der Waals surface area contributed by atoms with Crippen LogP contribution in [-0.2, 0) is 6.54 Å². The molecular weight excluding hydrogens is 258 g/mol. The van der Waals surface area contributed by atoms with Crippen LogP contribution in [0.25, 0.3) is 0 Å². The largest absolute Gasteiger partial charge is 0.318 e. The van der Waals surface area contributed by atoms with Crippen LogP contribution in [0.3, 0.4) is 0 Å². The van der Waals surface area contributed by atoms with Crippen LogP contribution in [0.1, 0.15) is 25.8 Å². The van der Waals surface area contributed by atoms with Crippen molar-refractivity contribution in [1.82, 2.24) is 4.90 Å². The van der Waals surface area contributed by atoms with E-state index in [0.717, 1.165) is 5.56 Å². The van der Waals surface area contributed by atoms with E-state index in [0.29, 0.717) is 19.5 Å². The molecule has 1 aromatic carbocycles. The first-order valence-corrected chi connectivity index (χ1v) is 6.34. The molecule has 0 amide bonds. The van der Waals surface area contributed by atoms with Gasteiger partial charge in [0.25, 0.3) is 5.69 Å². The minimum atomic E-state index is -0.465. The highest BCUT2D eigenvalue weighted by Gasteiger charge is 2.16. The summed E-state index contributed by atoms with van der Waals surface area (Å²) in [6, 6.07) is 7.27. The number of nitrogen functional groups attached to an aromatic ring is 1. The van der Waals surface area contributed by atoms with Gasteiger partial charge in [0.1, 0.15) is 5.69 Å². The molecule has 0 radical (unpaired) electrons. The highest BCUT2D eigenvalue weighted by molar-refractivity contribution is 5.61. The Morgan fingerprint density at radius 1 is 1.55 bits per heavy atom. The van der Waals surface area contributed by atoms with Gasteiger partial charge in [-0.25, -0.2) is 0 Å². The van der Waals surface area contributed by atoms with Gasteiger partial charge in [0.15, 0.2) is 0 Å². The van der Waals surface area contributed by atoms with E-state index in [4.69, 9.17) is 11.1 Å². The topological polar surface area (TPSA) is 108 Å². The standard InChI is InChI=1S/C13H19N5O2/c1-10(2)17(7-3-6-14)9-11-4-5-12(16-15)13(8-11)18(19)20/h4-5,8,10,16H,3,7,9,15H2,1-2H3. The van der Waals surface area contributed by atoms with Crippen LogP contribution in [0.4, 0.5) is 11.4 Å². The van der Waals surface area contributed by atoms with Crippen molar-refractivity contribution in [3.63, 3.8) is 0 Å². The average Bonchev–Trinajstić information content (AvgIpc) is 2.42. The van der Waals surface area contributed by atoms with E-state index in [2.05, 4.69) is 16.4 Å². The Bertz CT molecular complexity index is 510. The van der Waals surface area contributed by atoms with E-state index in [1.165, 1.54) is 6.07 Å². The summed E-state index contributed by atoms with van der Waals surface area (Å²) in [5.74, 6) is 5.25. The van der Waals surface area contributed by atoms with E-state index in [9.17, 15) is 10.1 Å². The first-order chi connectivity index (χ1) is 9.49. The Balaban J connectivity index is 2.93. The van der Waals surface area contributed by atoms with Crippen LogP contribution >= 0.6 is 0 Å². The van der Waals surface area contributed by atoms with Gasteiger partial charge in [-0.15, -0.1) is 0 Å². The molecule has 7 heteroatoms. The highest BCUT2D eigenvalue weighted by Crippen LogP contribution is 2.25. The summed E-state index contributed by atoms with van der Waals surface area (Å²) in [5, 5.41) is 19.6. The van der Waals surface area contributed by atoms with Gasteiger partial charge in [0.2, 0.25) is 0 Å². The number of benzene rings is 1. The molecule has 0 saturated heterocycles. The summed E-state index contributed by atoms with van der Waals surface area (Å²) in [6.07, 6.45) is 0.433. The molecule has 0 aliphatic heterocycles. The molecule has 0 fully saturated rings. The minimum absolute atomic E-state index is 0.0472. The molecule has 0 unspecified atom stereocenters. The molecule has 0 spiro atoms. The van der Waals surface area contributed by atoms with Gasteiger partial charge in [-0.05, 0) is 25.5 Å². The van der Waals surface area contributed by atoms with Crippen LogP contribution in [0.2, 0.25) is 0 Å². The number of hydrazine groups is 1. The third-order valence-corrected chi connectivity index (χ3v) is 3.04. The summed E-state index contributed by atoms with van der Waals surface area (Å²) < 4.78 is 0. The summed E-state index contributed by atoms with van der Waals surface area (Å²) in [6.45, 7) is 5.26. The third kappa shape index (κ3) is 4.19. The Hall–Kier alpha value is -2.17. The molecule has 0 saturated carbocycles. The smallest absolute Gasteiger partial charge is 0.293 e. The molecule has 20 heavy (non-hydrogen) atoms. The lowest BCUT2D eigenvalue weighted by Crippen LogP contribution is -2.31. The maximum atomic E-state index is 11.0. The molecule has 0 bridgehead atoms. The van der Waals surface area contributed by atoms with Crippen LogP contribution in [0.15, 0.2) is 18.2 Å². The predicted molar refractivity (Wildman–Crippen MR) is 76.7 cm³/mol. The van der Waals surface area contributed by atoms with Crippen molar-refractivity contribution >= 4 is 11.4 Å². The van der Waals surface area contributed by atoms with Crippen molar-refractivity contribution in [1.29, 1.82) is 5.26 Å². The molecule has 7 nitrogen and oxygen atoms in total. The first-order valence-electron chi connectivity index (χ1n) is 6.34. The summed E-state index contributed by atoms with van der Waals surface area (Å²) in [5.41, 5.74) is 3.37. The maximum Gasteiger partial charge on any atom is 0.293 e. The number of nitrogens with one attached hydrogen (secondary N) is 1. The van der Waals surface area contributed by atoms with Gasteiger partial charge >= 0.3 is 0 Å². The van der Waals surface area contributed by atoms with Gasteiger partial charge in [-0.1, -0.05) is 6.07 Å². The van der Waals surface area contributed by atoms with Gasteiger partial charge in [0.05, 0.1) is 11.0 Å². The lowest BCUT2D eigenvalue weighted by molar-refractivity contribution is -0.384. The van der Waals surface area contributed by atoms with E-state index < -0.39 is 4.92 Å². The SMILES string of the molecule is CC(C)N(CCC#N)Cc1ccc(NN)c([N+](=O)[O-])c1. The van der Waals surface area contributed by atoms with Crippen molar-refractivity contribution in [3.8, 4) is 6.07 Å². The minimum Gasteiger partial charge on any atom is -0.318 e. The number of rotatable bonds is 7. The molecule has 0 heterocycles. The number of hydrogen-bond donors (Lipinski definition) is 2. The summed E-state index contributed by atoms with van der Waals surface area (Å²) in [4.78, 5) is 12.6. The van der Waals surface area contributed by atoms with Crippen LogP contribution in [0.5, 0.6) is 0 Å². The normalized spacial score (nSPS) is 10.6. The molecule has 1 aromatic rings. The van der Waals surface area contributed by atoms with Crippen LogP contribution in [-0.4, -0.2) is 22.4 Å². The van der Waals surface area contributed by atoms with Crippen LogP contribution in [0, 0.1) is 21.4 Å². The predicted octanol–water partition coefficient (Wildman–Crippen LogP) is 2.00. The number of nitriles is 1. The lowest BCUT2D eigenvalue weighted by atomic mass is 10.1. The average molecular weight is 277 g/mol. The van der Waals surface area contributed by atoms with E-state index >= 15 is 0 Å². The second kappa shape index (κ2) is 7.43. The molecule has 0 aliphatic rings. The van der Waals surface area contributed by atoms with Crippen molar-refractivity contribution in [2.45, 2.75) is 32.9 Å². The fraction of sp³-hybridized carbons (Fsp3) is 0.462. The molecule has 0 atom stereocenters. The molecule has 3 N–H and O–H groups in total. The van der Waals surface area contributed by atoms with Crippen molar-refractivity contribution in [2.24, 2.45) is 5.84 Å². The second-order valence-corrected chi connectivity index (χ2v) is 4.73. The van der Waals surface area contributed by atoms with E-state index in [1.54, 1.807) is 12.1 Å². The number of hydrogen-bond acceptors (Lipinski definition) is 6. The van der Waals surface area contributed by atoms with E-state index in [-0.39, 0.29) is 17.4 Å². The van der Waals surface area contributed by atoms with Crippen molar-refractivity contribution < 1.29 is 4.92 Å². The lowest BCUT2D eigenvalue weighted by Gasteiger charge is -2.25. The second-order valence-electron chi connectivity index (χ2n) is 4.73. The van der Waals surface area contributed by atoms with E-state index in [1.807, 2.05) is 13.8 Å². The first kappa shape index (κ1) is 15.9. The fourth-order valence-corrected chi connectivity index (χ4v) is 1.90. The third-order valence-electron chi connectivity index (χ3n) is 3.04. The molecular formula is C13H19N5O2. The van der Waals surface area contributed by atoms with Gasteiger partial charge in [-0.3, -0.25) is 20.9 Å².